The molecule has 2 aliphatic rings. The molecular formula is C21H23N7O. The van der Waals surface area contributed by atoms with E-state index in [-0.39, 0.29) is 18.1 Å². The number of anilines is 3. The van der Waals surface area contributed by atoms with Crippen LogP contribution in [0, 0.1) is 0 Å². The van der Waals surface area contributed by atoms with Gasteiger partial charge in [-0.25, -0.2) is 14.8 Å². The molecule has 0 aliphatic carbocycles. The maximum Gasteiger partial charge on any atom is 0.329 e. The van der Waals surface area contributed by atoms with Crippen molar-refractivity contribution in [2.75, 3.05) is 28.2 Å². The number of pyridine rings is 2. The van der Waals surface area contributed by atoms with Crippen molar-refractivity contribution in [2.45, 2.75) is 32.4 Å². The van der Waals surface area contributed by atoms with E-state index in [1.807, 2.05) is 35.3 Å². The van der Waals surface area contributed by atoms with Crippen LogP contribution in [-0.2, 0) is 0 Å². The quantitative estimate of drug-likeness (QED) is 0.741. The molecule has 8 heteroatoms. The third-order valence-corrected chi connectivity index (χ3v) is 5.50. The molecule has 0 spiro atoms. The molecule has 2 amide bonds. The zero-order valence-electron chi connectivity index (χ0n) is 16.5. The van der Waals surface area contributed by atoms with Gasteiger partial charge in [-0.1, -0.05) is 6.07 Å². The second-order valence-corrected chi connectivity index (χ2v) is 7.75. The Balaban J connectivity index is 1.52. The Labute approximate surface area is 169 Å². The predicted octanol–water partition coefficient (Wildman–Crippen LogP) is 3.55. The van der Waals surface area contributed by atoms with Crippen molar-refractivity contribution in [2.24, 2.45) is 0 Å². The van der Waals surface area contributed by atoms with Crippen LogP contribution in [0.15, 0.2) is 48.9 Å². The average molecular weight is 389 g/mol. The summed E-state index contributed by atoms with van der Waals surface area (Å²) in [5.74, 6) is 1.23. The predicted molar refractivity (Wildman–Crippen MR) is 112 cm³/mol. The Morgan fingerprint density at radius 3 is 2.90 bits per heavy atom. The topological polar surface area (TPSA) is 79.2 Å². The number of carbonyl (C=O) groups excluding carboxylic acids is 1. The summed E-state index contributed by atoms with van der Waals surface area (Å²) in [6.07, 6.45) is 6.41. The van der Waals surface area contributed by atoms with Crippen LogP contribution in [0.1, 0.15) is 26.3 Å². The molecule has 8 nitrogen and oxygen atoms in total. The van der Waals surface area contributed by atoms with Crippen LogP contribution >= 0.6 is 0 Å². The molecule has 1 fully saturated rings. The Kier molecular flexibility index (Phi) is 4.19. The van der Waals surface area contributed by atoms with Crippen LogP contribution in [0.5, 0.6) is 0 Å². The zero-order valence-corrected chi connectivity index (χ0v) is 16.5. The largest absolute Gasteiger partial charge is 0.366 e. The summed E-state index contributed by atoms with van der Waals surface area (Å²) in [6.45, 7) is 5.93. The number of urea groups is 1. The fraction of sp³-hybridized carbons (Fsp3) is 0.333. The molecule has 0 radical (unpaired) electrons. The molecule has 0 unspecified atom stereocenters. The van der Waals surface area contributed by atoms with E-state index in [1.54, 1.807) is 17.2 Å². The first-order valence-electron chi connectivity index (χ1n) is 9.92. The van der Waals surface area contributed by atoms with E-state index < -0.39 is 0 Å². The lowest BCUT2D eigenvalue weighted by atomic mass is 10.1. The Morgan fingerprint density at radius 1 is 1.24 bits per heavy atom. The van der Waals surface area contributed by atoms with Crippen molar-refractivity contribution in [3.63, 3.8) is 0 Å². The van der Waals surface area contributed by atoms with Gasteiger partial charge in [-0.05, 0) is 44.5 Å². The summed E-state index contributed by atoms with van der Waals surface area (Å²) in [6, 6.07) is 9.73. The Hall–Kier alpha value is -3.42. The molecule has 3 aromatic heterocycles. The third kappa shape index (κ3) is 3.10. The van der Waals surface area contributed by atoms with Crippen molar-refractivity contribution in [3.05, 3.63) is 48.9 Å². The SMILES string of the molecule is CC(C)n1cc(-c2ccc3c(n2)N(C(=O)Nc2ccccn2)[C@H]2CCN3C2)cn1. The molecule has 1 atom stereocenters. The summed E-state index contributed by atoms with van der Waals surface area (Å²) < 4.78 is 1.91. The number of hydrogen-bond acceptors (Lipinski definition) is 5. The van der Waals surface area contributed by atoms with E-state index in [2.05, 4.69) is 40.2 Å². The fourth-order valence-corrected chi connectivity index (χ4v) is 3.99. The monoisotopic (exact) mass is 389 g/mol. The minimum absolute atomic E-state index is 0.104. The summed E-state index contributed by atoms with van der Waals surface area (Å²) in [5, 5.41) is 7.34. The summed E-state index contributed by atoms with van der Waals surface area (Å²) in [4.78, 5) is 26.4. The Bertz CT molecular complexity index is 1050. The molecule has 148 valence electrons. The van der Waals surface area contributed by atoms with Crippen LogP contribution in [0.25, 0.3) is 11.3 Å². The van der Waals surface area contributed by atoms with Gasteiger partial charge in [-0.15, -0.1) is 0 Å². The van der Waals surface area contributed by atoms with Crippen molar-refractivity contribution >= 4 is 23.4 Å². The average Bonchev–Trinajstić information content (AvgIpc) is 3.37. The van der Waals surface area contributed by atoms with E-state index in [0.717, 1.165) is 36.5 Å². The smallest absolute Gasteiger partial charge is 0.329 e. The molecule has 1 N–H and O–H groups in total. The highest BCUT2D eigenvalue weighted by Gasteiger charge is 2.40. The molecule has 2 aliphatic heterocycles. The second-order valence-electron chi connectivity index (χ2n) is 7.75. The second kappa shape index (κ2) is 6.88. The number of carbonyl (C=O) groups is 1. The third-order valence-electron chi connectivity index (χ3n) is 5.50. The lowest BCUT2D eigenvalue weighted by Crippen LogP contribution is -2.48. The van der Waals surface area contributed by atoms with Gasteiger partial charge in [0, 0.05) is 37.1 Å². The maximum atomic E-state index is 13.2. The van der Waals surface area contributed by atoms with Gasteiger partial charge in [0.05, 0.1) is 23.6 Å². The van der Waals surface area contributed by atoms with Gasteiger partial charge in [-0.3, -0.25) is 14.9 Å². The molecule has 0 saturated carbocycles. The van der Waals surface area contributed by atoms with Crippen LogP contribution in [0.4, 0.5) is 22.1 Å². The highest BCUT2D eigenvalue weighted by Crippen LogP contribution is 2.40. The molecular weight excluding hydrogens is 366 g/mol. The summed E-state index contributed by atoms with van der Waals surface area (Å²) >= 11 is 0. The number of aromatic nitrogens is 4. The van der Waals surface area contributed by atoms with E-state index >= 15 is 0 Å². The number of amides is 2. The molecule has 5 rings (SSSR count). The first-order valence-corrected chi connectivity index (χ1v) is 9.92. The van der Waals surface area contributed by atoms with Gasteiger partial charge in [0.2, 0.25) is 0 Å². The first kappa shape index (κ1) is 17.7. The number of rotatable bonds is 3. The summed E-state index contributed by atoms with van der Waals surface area (Å²) in [5.41, 5.74) is 2.75. The van der Waals surface area contributed by atoms with Crippen molar-refractivity contribution in [1.82, 2.24) is 19.7 Å². The normalized spacial score (nSPS) is 17.6. The number of hydrogen-bond donors (Lipinski definition) is 1. The molecule has 3 aromatic rings. The maximum absolute atomic E-state index is 13.2. The zero-order chi connectivity index (χ0) is 20.0. The van der Waals surface area contributed by atoms with Crippen molar-refractivity contribution in [1.29, 1.82) is 0 Å². The van der Waals surface area contributed by atoms with Crippen LogP contribution in [0.2, 0.25) is 0 Å². The van der Waals surface area contributed by atoms with Gasteiger partial charge in [0.1, 0.15) is 5.82 Å². The van der Waals surface area contributed by atoms with Crippen molar-refractivity contribution < 1.29 is 4.79 Å². The van der Waals surface area contributed by atoms with E-state index in [9.17, 15) is 4.79 Å². The van der Waals surface area contributed by atoms with Gasteiger partial charge < -0.3 is 4.90 Å². The van der Waals surface area contributed by atoms with Gasteiger partial charge >= 0.3 is 6.03 Å². The molecule has 1 saturated heterocycles. The minimum atomic E-state index is -0.195. The van der Waals surface area contributed by atoms with Crippen molar-refractivity contribution in [3.8, 4) is 11.3 Å². The first-order chi connectivity index (χ1) is 14.1. The number of fused-ring (bicyclic) bond motifs is 4. The highest BCUT2D eigenvalue weighted by molar-refractivity contribution is 6.04. The number of nitrogens with one attached hydrogen (secondary N) is 1. The van der Waals surface area contributed by atoms with Crippen LogP contribution < -0.4 is 15.1 Å². The standard InChI is InChI=1S/C21H23N7O/c1-14(2)27-12-15(11-23-27)17-6-7-18-20(24-17)28(16-8-10-26(18)13-16)21(29)25-19-5-3-4-9-22-19/h3-7,9,11-12,14,16H,8,10,13H2,1-2H3,(H,22,25,29)/t16-/m0/s1. The van der Waals surface area contributed by atoms with E-state index in [1.165, 1.54) is 0 Å². The van der Waals surface area contributed by atoms with Gasteiger partial charge in [-0.2, -0.15) is 5.10 Å². The lowest BCUT2D eigenvalue weighted by molar-refractivity contribution is 0.254. The van der Waals surface area contributed by atoms with E-state index in [4.69, 9.17) is 4.98 Å². The molecule has 2 bridgehead atoms. The summed E-state index contributed by atoms with van der Waals surface area (Å²) in [7, 11) is 0. The lowest BCUT2D eigenvalue weighted by Gasteiger charge is -2.35. The van der Waals surface area contributed by atoms with Gasteiger partial charge in [0.15, 0.2) is 5.82 Å². The van der Waals surface area contributed by atoms with Crippen LogP contribution in [-0.4, -0.2) is 44.9 Å². The number of nitrogens with zero attached hydrogens (tertiary/aromatic N) is 6. The fourth-order valence-electron chi connectivity index (χ4n) is 3.99. The molecule has 29 heavy (non-hydrogen) atoms. The molecule has 5 heterocycles. The van der Waals surface area contributed by atoms with Crippen LogP contribution in [0.3, 0.4) is 0 Å². The Morgan fingerprint density at radius 2 is 2.14 bits per heavy atom. The van der Waals surface area contributed by atoms with Gasteiger partial charge in [0.25, 0.3) is 0 Å². The molecule has 0 aromatic carbocycles. The highest BCUT2D eigenvalue weighted by atomic mass is 16.2. The van der Waals surface area contributed by atoms with E-state index in [0.29, 0.717) is 11.6 Å². The minimum Gasteiger partial charge on any atom is -0.366 e.